The molecule has 20 heavy (non-hydrogen) atoms. The number of rotatable bonds is 4. The first-order valence-electron chi connectivity index (χ1n) is 6.09. The molecule has 1 N–H and O–H groups in total. The normalized spacial score (nSPS) is 22.0. The summed E-state index contributed by atoms with van der Waals surface area (Å²) < 4.78 is 49.8. The summed E-state index contributed by atoms with van der Waals surface area (Å²) in [6.07, 6.45) is 2.90. The molecule has 0 amide bonds. The van der Waals surface area contributed by atoms with Gasteiger partial charge in [0, 0.05) is 30.7 Å². The molecule has 10 heteroatoms. The lowest BCUT2D eigenvalue weighted by Gasteiger charge is -2.32. The summed E-state index contributed by atoms with van der Waals surface area (Å²) >= 11 is 1.44. The molecular formula is C10H17N3O4S3. The Balaban J connectivity index is 2.40. The summed E-state index contributed by atoms with van der Waals surface area (Å²) in [6.45, 7) is 2.04. The Labute approximate surface area is 123 Å². The van der Waals surface area contributed by atoms with Gasteiger partial charge in [-0.2, -0.15) is 16.1 Å². The Morgan fingerprint density at radius 1 is 1.45 bits per heavy atom. The fourth-order valence-corrected chi connectivity index (χ4v) is 7.06. The number of H-pyrrole nitrogens is 1. The van der Waals surface area contributed by atoms with Gasteiger partial charge in [0.2, 0.25) is 0 Å². The standard InChI is InChI=1S/C10H17N3O4S3/c1-3-8-11-6-9(12-8)20(16,17)13-4-5-18-7-10(13)19(2,14)15/h6,10H,3-5,7H2,1-2H3,(H,11,12). The highest BCUT2D eigenvalue weighted by atomic mass is 32.2. The first-order chi connectivity index (χ1) is 9.26. The monoisotopic (exact) mass is 339 g/mol. The third-order valence-corrected chi connectivity index (χ3v) is 7.65. The highest BCUT2D eigenvalue weighted by Gasteiger charge is 2.40. The van der Waals surface area contributed by atoms with Gasteiger partial charge in [-0.15, -0.1) is 0 Å². The fourth-order valence-electron chi connectivity index (χ4n) is 1.96. The van der Waals surface area contributed by atoms with E-state index in [1.165, 1.54) is 18.0 Å². The molecule has 0 spiro atoms. The van der Waals surface area contributed by atoms with Crippen molar-refractivity contribution in [2.75, 3.05) is 24.3 Å². The molecule has 1 aliphatic heterocycles. The molecule has 1 saturated heterocycles. The van der Waals surface area contributed by atoms with E-state index in [4.69, 9.17) is 0 Å². The Kier molecular flexibility index (Phi) is 4.47. The van der Waals surface area contributed by atoms with Crippen molar-refractivity contribution >= 4 is 31.6 Å². The molecule has 1 fully saturated rings. The molecule has 1 atom stereocenters. The van der Waals surface area contributed by atoms with Gasteiger partial charge in [0.05, 0.1) is 6.20 Å². The molecule has 0 saturated carbocycles. The van der Waals surface area contributed by atoms with Gasteiger partial charge in [-0.3, -0.25) is 0 Å². The molecule has 0 radical (unpaired) electrons. The maximum atomic E-state index is 12.6. The third kappa shape index (κ3) is 3.02. The van der Waals surface area contributed by atoms with Crippen LogP contribution in [0.5, 0.6) is 0 Å². The molecule has 1 aliphatic rings. The molecule has 2 rings (SSSR count). The Hall–Kier alpha value is -0.580. The largest absolute Gasteiger partial charge is 0.332 e. The quantitative estimate of drug-likeness (QED) is 0.834. The van der Waals surface area contributed by atoms with Crippen molar-refractivity contribution < 1.29 is 16.8 Å². The number of aromatic amines is 1. The molecule has 1 unspecified atom stereocenters. The number of thioether (sulfide) groups is 1. The Bertz CT molecular complexity index is 680. The lowest BCUT2D eigenvalue weighted by molar-refractivity contribution is 0.403. The first kappa shape index (κ1) is 15.8. The predicted molar refractivity (Wildman–Crippen MR) is 77.8 cm³/mol. The van der Waals surface area contributed by atoms with Crippen LogP contribution in [0, 0.1) is 0 Å². The number of hydrogen-bond donors (Lipinski definition) is 1. The second kappa shape index (κ2) is 5.66. The number of sulfonamides is 1. The fraction of sp³-hybridized carbons (Fsp3) is 0.700. The van der Waals surface area contributed by atoms with E-state index in [9.17, 15) is 16.8 Å². The minimum absolute atomic E-state index is 0.0464. The first-order valence-corrected chi connectivity index (χ1v) is 10.6. The van der Waals surface area contributed by atoms with Crippen LogP contribution in [0.3, 0.4) is 0 Å². The second-order valence-corrected chi connectivity index (χ2v) is 9.73. The topological polar surface area (TPSA) is 100 Å². The maximum Gasteiger partial charge on any atom is 0.261 e. The van der Waals surface area contributed by atoms with E-state index in [0.29, 0.717) is 18.0 Å². The van der Waals surface area contributed by atoms with Gasteiger partial charge in [0.15, 0.2) is 14.9 Å². The molecule has 2 heterocycles. The molecule has 0 bridgehead atoms. The zero-order valence-electron chi connectivity index (χ0n) is 11.2. The molecule has 114 valence electrons. The Morgan fingerprint density at radius 3 is 2.70 bits per heavy atom. The van der Waals surface area contributed by atoms with E-state index in [2.05, 4.69) is 9.97 Å². The van der Waals surface area contributed by atoms with Crippen molar-refractivity contribution in [3.63, 3.8) is 0 Å². The van der Waals surface area contributed by atoms with Crippen LogP contribution in [0.25, 0.3) is 0 Å². The number of imidazole rings is 1. The zero-order valence-corrected chi connectivity index (χ0v) is 13.7. The van der Waals surface area contributed by atoms with Gasteiger partial charge in [-0.05, 0) is 0 Å². The van der Waals surface area contributed by atoms with E-state index < -0.39 is 25.2 Å². The van der Waals surface area contributed by atoms with Gasteiger partial charge in [0.25, 0.3) is 10.0 Å². The summed E-state index contributed by atoms with van der Waals surface area (Å²) in [4.78, 5) is 6.70. The number of nitrogens with one attached hydrogen (secondary N) is 1. The number of nitrogens with zero attached hydrogens (tertiary/aromatic N) is 2. The van der Waals surface area contributed by atoms with Crippen molar-refractivity contribution in [3.05, 3.63) is 12.0 Å². The lowest BCUT2D eigenvalue weighted by Crippen LogP contribution is -2.49. The van der Waals surface area contributed by atoms with Crippen molar-refractivity contribution in [1.82, 2.24) is 14.3 Å². The SMILES string of the molecule is CCc1ncc(S(=O)(=O)N2CCSCC2S(C)(=O)=O)[nH]1. The molecule has 1 aromatic heterocycles. The van der Waals surface area contributed by atoms with Gasteiger partial charge in [-0.25, -0.2) is 21.8 Å². The van der Waals surface area contributed by atoms with Crippen molar-refractivity contribution in [3.8, 4) is 0 Å². The summed E-state index contributed by atoms with van der Waals surface area (Å²) in [7, 11) is -7.33. The van der Waals surface area contributed by atoms with Crippen molar-refractivity contribution in [1.29, 1.82) is 0 Å². The minimum atomic E-state index is -3.86. The van der Waals surface area contributed by atoms with E-state index in [-0.39, 0.29) is 17.3 Å². The van der Waals surface area contributed by atoms with Gasteiger partial charge < -0.3 is 4.98 Å². The Morgan fingerprint density at radius 2 is 2.15 bits per heavy atom. The van der Waals surface area contributed by atoms with Crippen LogP contribution in [0.4, 0.5) is 0 Å². The molecule has 1 aromatic rings. The number of sulfone groups is 1. The number of aromatic nitrogens is 2. The van der Waals surface area contributed by atoms with Gasteiger partial charge in [-0.1, -0.05) is 6.92 Å². The maximum absolute atomic E-state index is 12.6. The van der Waals surface area contributed by atoms with Crippen LogP contribution in [-0.4, -0.2) is 60.8 Å². The molecule has 0 aliphatic carbocycles. The zero-order chi connectivity index (χ0) is 15.0. The smallest absolute Gasteiger partial charge is 0.261 e. The summed E-state index contributed by atoms with van der Waals surface area (Å²) in [5, 5.41) is -1.06. The highest BCUT2D eigenvalue weighted by Crippen LogP contribution is 2.26. The van der Waals surface area contributed by atoms with Gasteiger partial charge >= 0.3 is 0 Å². The van der Waals surface area contributed by atoms with Crippen LogP contribution >= 0.6 is 11.8 Å². The van der Waals surface area contributed by atoms with Crippen LogP contribution in [0.2, 0.25) is 0 Å². The summed E-state index contributed by atoms with van der Waals surface area (Å²) in [5.41, 5.74) is 0. The van der Waals surface area contributed by atoms with Crippen LogP contribution < -0.4 is 0 Å². The molecular weight excluding hydrogens is 322 g/mol. The summed E-state index contributed by atoms with van der Waals surface area (Å²) in [5.74, 6) is 1.40. The van der Waals surface area contributed by atoms with E-state index in [0.717, 1.165) is 10.6 Å². The average Bonchev–Trinajstić information content (AvgIpc) is 2.87. The molecule has 0 aromatic carbocycles. The van der Waals surface area contributed by atoms with Gasteiger partial charge in [0.1, 0.15) is 11.2 Å². The van der Waals surface area contributed by atoms with E-state index in [1.807, 2.05) is 6.92 Å². The predicted octanol–water partition coefficient (Wildman–Crippen LogP) is 0.0803. The van der Waals surface area contributed by atoms with Crippen LogP contribution in [0.1, 0.15) is 12.7 Å². The lowest BCUT2D eigenvalue weighted by atomic mass is 10.5. The summed E-state index contributed by atoms with van der Waals surface area (Å²) in [6, 6.07) is 0. The van der Waals surface area contributed by atoms with Crippen molar-refractivity contribution in [2.45, 2.75) is 23.7 Å². The highest BCUT2D eigenvalue weighted by molar-refractivity contribution is 8.01. The van der Waals surface area contributed by atoms with Crippen LogP contribution in [0.15, 0.2) is 11.2 Å². The molecule has 7 nitrogen and oxygen atoms in total. The van der Waals surface area contributed by atoms with Crippen LogP contribution in [-0.2, 0) is 26.3 Å². The minimum Gasteiger partial charge on any atom is -0.332 e. The van der Waals surface area contributed by atoms with E-state index >= 15 is 0 Å². The van der Waals surface area contributed by atoms with Crippen molar-refractivity contribution in [2.24, 2.45) is 0 Å². The average molecular weight is 339 g/mol. The third-order valence-electron chi connectivity index (χ3n) is 3.06. The second-order valence-electron chi connectivity index (χ2n) is 4.52. The number of aryl methyl sites for hydroxylation is 1. The number of hydrogen-bond acceptors (Lipinski definition) is 6. The van der Waals surface area contributed by atoms with E-state index in [1.54, 1.807) is 0 Å².